The van der Waals surface area contributed by atoms with E-state index in [4.69, 9.17) is 0 Å². The molecule has 0 spiro atoms. The van der Waals surface area contributed by atoms with Crippen LogP contribution < -0.4 is 5.32 Å². The Balaban J connectivity index is 1.61. The molecule has 0 bridgehead atoms. The summed E-state index contributed by atoms with van der Waals surface area (Å²) >= 11 is 0. The van der Waals surface area contributed by atoms with Crippen molar-refractivity contribution in [3.63, 3.8) is 0 Å². The van der Waals surface area contributed by atoms with Crippen LogP contribution in [0.2, 0.25) is 0 Å². The minimum absolute atomic E-state index is 0.468. The van der Waals surface area contributed by atoms with Crippen molar-refractivity contribution in [1.82, 2.24) is 10.2 Å². The average Bonchev–Trinajstić information content (AvgIpc) is 2.95. The molecule has 34 heavy (non-hydrogen) atoms. The quantitative estimate of drug-likeness (QED) is 0.357. The summed E-state index contributed by atoms with van der Waals surface area (Å²) in [5, 5.41) is 3.81. The molecule has 1 aromatic carbocycles. The van der Waals surface area contributed by atoms with Gasteiger partial charge in [-0.3, -0.25) is 4.90 Å². The number of piperidine rings is 1. The summed E-state index contributed by atoms with van der Waals surface area (Å²) in [7, 11) is 0. The highest BCUT2D eigenvalue weighted by Gasteiger charge is 2.22. The van der Waals surface area contributed by atoms with Gasteiger partial charge in [0.15, 0.2) is 0 Å². The van der Waals surface area contributed by atoms with Crippen LogP contribution in [0, 0.1) is 12.8 Å². The second-order valence-corrected chi connectivity index (χ2v) is 10.7. The van der Waals surface area contributed by atoms with Gasteiger partial charge in [0.25, 0.3) is 0 Å². The Bertz CT molecular complexity index is 911. The van der Waals surface area contributed by atoms with Gasteiger partial charge in [0.1, 0.15) is 0 Å². The number of hydrogen-bond acceptors (Lipinski definition) is 2. The summed E-state index contributed by atoms with van der Waals surface area (Å²) in [6, 6.07) is 9.26. The summed E-state index contributed by atoms with van der Waals surface area (Å²) < 4.78 is 0. The number of nitrogens with zero attached hydrogens (tertiary/aromatic N) is 1. The van der Waals surface area contributed by atoms with Crippen LogP contribution in [0.15, 0.2) is 71.0 Å². The SMILES string of the molecule is C=C(NC1CCCN(Cc2ccccc2C)C1)C1=CCC(C)=C(CC(CCC)CCC)C(C)=C1. The van der Waals surface area contributed by atoms with Gasteiger partial charge in [-0.15, -0.1) is 0 Å². The van der Waals surface area contributed by atoms with E-state index >= 15 is 0 Å². The van der Waals surface area contributed by atoms with Crippen LogP contribution in [0.5, 0.6) is 0 Å². The summed E-state index contributed by atoms with van der Waals surface area (Å²) in [5.74, 6) is 0.813. The van der Waals surface area contributed by atoms with Gasteiger partial charge in [-0.05, 0) is 86.8 Å². The zero-order chi connectivity index (χ0) is 24.5. The molecule has 3 rings (SSSR count). The molecule has 2 heteroatoms. The highest BCUT2D eigenvalue weighted by molar-refractivity contribution is 5.48. The van der Waals surface area contributed by atoms with Gasteiger partial charge >= 0.3 is 0 Å². The number of nitrogens with one attached hydrogen (secondary N) is 1. The lowest BCUT2D eigenvalue weighted by Gasteiger charge is -2.34. The first-order chi connectivity index (χ1) is 16.4. The zero-order valence-corrected chi connectivity index (χ0v) is 22.6. The number of aryl methyl sites for hydroxylation is 1. The van der Waals surface area contributed by atoms with Gasteiger partial charge in [0.05, 0.1) is 0 Å². The second kappa shape index (κ2) is 13.1. The predicted octanol–water partition coefficient (Wildman–Crippen LogP) is 8.26. The van der Waals surface area contributed by atoms with Crippen LogP contribution in [-0.4, -0.2) is 24.0 Å². The standard InChI is InChI=1S/C32H48N2/c1-7-12-28(13-8-2)21-32-25(4)17-18-29(20-26(32)5)27(6)33-31-16-11-19-34(23-31)22-30-15-10-9-14-24(30)3/h9-10,14-15,18,20,28,31,33H,6-8,11-13,16-17,19,21-23H2,1-5H3. The summed E-state index contributed by atoms with van der Waals surface area (Å²) in [6.45, 7) is 19.3. The maximum Gasteiger partial charge on any atom is 0.0389 e. The molecule has 1 aliphatic heterocycles. The Hall–Kier alpha value is -2.06. The van der Waals surface area contributed by atoms with Crippen LogP contribution in [-0.2, 0) is 6.54 Å². The monoisotopic (exact) mass is 460 g/mol. The van der Waals surface area contributed by atoms with E-state index in [1.807, 2.05) is 0 Å². The molecule has 1 saturated heterocycles. The van der Waals surface area contributed by atoms with Crippen molar-refractivity contribution in [2.45, 2.75) is 98.6 Å². The van der Waals surface area contributed by atoms with Crippen molar-refractivity contribution < 1.29 is 0 Å². The summed E-state index contributed by atoms with van der Waals surface area (Å²) in [5.41, 5.74) is 9.78. The molecule has 186 valence electrons. The predicted molar refractivity (Wildman–Crippen MR) is 149 cm³/mol. The Labute approximate surface area is 209 Å². The van der Waals surface area contributed by atoms with Crippen molar-refractivity contribution in [3.8, 4) is 0 Å². The second-order valence-electron chi connectivity index (χ2n) is 10.7. The fourth-order valence-electron chi connectivity index (χ4n) is 5.78. The van der Waals surface area contributed by atoms with Crippen LogP contribution >= 0.6 is 0 Å². The molecule has 1 unspecified atom stereocenters. The molecule has 1 N–H and O–H groups in total. The van der Waals surface area contributed by atoms with Crippen LogP contribution in [0.1, 0.15) is 90.2 Å². The van der Waals surface area contributed by atoms with Gasteiger partial charge in [-0.1, -0.05) is 88.1 Å². The third-order valence-corrected chi connectivity index (χ3v) is 7.77. The van der Waals surface area contributed by atoms with Crippen molar-refractivity contribution in [3.05, 3.63) is 82.1 Å². The van der Waals surface area contributed by atoms with Crippen LogP contribution in [0.25, 0.3) is 0 Å². The van der Waals surface area contributed by atoms with E-state index in [2.05, 4.69) is 87.8 Å². The largest absolute Gasteiger partial charge is 0.381 e. The van der Waals surface area contributed by atoms with E-state index in [-0.39, 0.29) is 0 Å². The molecule has 2 nitrogen and oxygen atoms in total. The topological polar surface area (TPSA) is 15.3 Å². The van der Waals surface area contributed by atoms with Gasteiger partial charge in [-0.25, -0.2) is 0 Å². The lowest BCUT2D eigenvalue weighted by Crippen LogP contribution is -2.45. The molecule has 1 atom stereocenters. The Kier molecular flexibility index (Phi) is 10.3. The molecular formula is C32H48N2. The minimum Gasteiger partial charge on any atom is -0.381 e. The maximum atomic E-state index is 4.48. The van der Waals surface area contributed by atoms with Gasteiger partial charge in [0.2, 0.25) is 0 Å². The van der Waals surface area contributed by atoms with E-state index in [0.29, 0.717) is 6.04 Å². The van der Waals surface area contributed by atoms with E-state index in [9.17, 15) is 0 Å². The van der Waals surface area contributed by atoms with Gasteiger partial charge < -0.3 is 5.32 Å². The highest BCUT2D eigenvalue weighted by Crippen LogP contribution is 2.33. The van der Waals surface area contributed by atoms with Crippen molar-refractivity contribution in [1.29, 1.82) is 0 Å². The van der Waals surface area contributed by atoms with Crippen molar-refractivity contribution in [2.24, 2.45) is 5.92 Å². The molecular weight excluding hydrogens is 412 g/mol. The normalized spacial score (nSPS) is 19.6. The molecule has 2 aliphatic rings. The maximum absolute atomic E-state index is 4.48. The van der Waals surface area contributed by atoms with Crippen molar-refractivity contribution in [2.75, 3.05) is 13.1 Å². The van der Waals surface area contributed by atoms with E-state index in [1.54, 1.807) is 5.57 Å². The first kappa shape index (κ1) is 26.5. The third kappa shape index (κ3) is 7.47. The lowest BCUT2D eigenvalue weighted by molar-refractivity contribution is 0.189. The fourth-order valence-corrected chi connectivity index (χ4v) is 5.78. The van der Waals surface area contributed by atoms with Crippen LogP contribution in [0.4, 0.5) is 0 Å². The van der Waals surface area contributed by atoms with E-state index in [0.717, 1.165) is 31.1 Å². The number of benzene rings is 1. The minimum atomic E-state index is 0.468. The Morgan fingerprint density at radius 1 is 1.12 bits per heavy atom. The molecule has 1 heterocycles. The summed E-state index contributed by atoms with van der Waals surface area (Å²) in [6.07, 6.45) is 14.8. The molecule has 0 aromatic heterocycles. The number of allylic oxidation sites excluding steroid dienone is 5. The number of likely N-dealkylation sites (tertiary alicyclic amines) is 1. The Morgan fingerprint density at radius 3 is 2.56 bits per heavy atom. The third-order valence-electron chi connectivity index (χ3n) is 7.77. The molecule has 0 radical (unpaired) electrons. The lowest BCUT2D eigenvalue weighted by atomic mass is 9.86. The van der Waals surface area contributed by atoms with Gasteiger partial charge in [-0.2, -0.15) is 0 Å². The molecule has 0 amide bonds. The highest BCUT2D eigenvalue weighted by atomic mass is 15.2. The molecule has 1 fully saturated rings. The average molecular weight is 461 g/mol. The van der Waals surface area contributed by atoms with Crippen LogP contribution in [0.3, 0.4) is 0 Å². The molecule has 0 saturated carbocycles. The van der Waals surface area contributed by atoms with E-state index < -0.39 is 0 Å². The fraction of sp³-hybridized carbons (Fsp3) is 0.562. The van der Waals surface area contributed by atoms with Crippen molar-refractivity contribution >= 4 is 0 Å². The van der Waals surface area contributed by atoms with Gasteiger partial charge in [0, 0.05) is 24.8 Å². The first-order valence-corrected chi connectivity index (χ1v) is 13.7. The summed E-state index contributed by atoms with van der Waals surface area (Å²) in [4.78, 5) is 2.60. The smallest absolute Gasteiger partial charge is 0.0389 e. The van der Waals surface area contributed by atoms with E-state index in [1.165, 1.54) is 79.3 Å². The Morgan fingerprint density at radius 2 is 1.85 bits per heavy atom. The zero-order valence-electron chi connectivity index (χ0n) is 22.6. The number of hydrogen-bond donors (Lipinski definition) is 1. The first-order valence-electron chi connectivity index (χ1n) is 13.7. The molecule has 1 aromatic rings. The molecule has 1 aliphatic carbocycles. The number of rotatable bonds is 11.